The second kappa shape index (κ2) is 7.38. The highest BCUT2D eigenvalue weighted by atomic mass is 16.5. The van der Waals surface area contributed by atoms with Crippen molar-refractivity contribution in [2.45, 2.75) is 25.7 Å². The number of hydrogen-bond acceptors (Lipinski definition) is 5. The van der Waals surface area contributed by atoms with Gasteiger partial charge in [0.2, 0.25) is 5.91 Å². The van der Waals surface area contributed by atoms with Crippen molar-refractivity contribution in [3.05, 3.63) is 30.0 Å². The molecule has 0 aliphatic carbocycles. The summed E-state index contributed by atoms with van der Waals surface area (Å²) in [5.74, 6) is 2.00. The minimum Gasteiger partial charge on any atom is -0.493 e. The molecular formula is C18H22N2O4. The lowest BCUT2D eigenvalue weighted by molar-refractivity contribution is -0.131. The second-order valence-corrected chi connectivity index (χ2v) is 5.87. The Balaban J connectivity index is 1.72. The van der Waals surface area contributed by atoms with E-state index in [2.05, 4.69) is 5.16 Å². The normalized spacial score (nSPS) is 14.5. The molecule has 0 spiro atoms. The van der Waals surface area contributed by atoms with Gasteiger partial charge in [-0.25, -0.2) is 0 Å². The first-order valence-corrected chi connectivity index (χ1v) is 8.17. The molecule has 1 amide bonds. The molecule has 0 atom stereocenters. The van der Waals surface area contributed by atoms with Crippen molar-refractivity contribution in [1.82, 2.24) is 10.1 Å². The highest BCUT2D eigenvalue weighted by Crippen LogP contribution is 2.32. The summed E-state index contributed by atoms with van der Waals surface area (Å²) in [7, 11) is 3.18. The molecular weight excluding hydrogens is 308 g/mol. The Morgan fingerprint density at radius 2 is 1.88 bits per heavy atom. The molecule has 2 aromatic rings. The third-order valence-electron chi connectivity index (χ3n) is 4.27. The zero-order valence-electron chi connectivity index (χ0n) is 14.1. The first-order chi connectivity index (χ1) is 11.7. The summed E-state index contributed by atoms with van der Waals surface area (Å²) in [6.45, 7) is 1.69. The molecule has 2 heterocycles. The monoisotopic (exact) mass is 330 g/mol. The van der Waals surface area contributed by atoms with Crippen LogP contribution in [0.25, 0.3) is 11.3 Å². The van der Waals surface area contributed by atoms with Crippen LogP contribution < -0.4 is 9.47 Å². The number of piperidine rings is 1. The molecule has 24 heavy (non-hydrogen) atoms. The molecule has 1 aromatic carbocycles. The van der Waals surface area contributed by atoms with Gasteiger partial charge in [0, 0.05) is 24.7 Å². The number of ether oxygens (including phenoxy) is 2. The summed E-state index contributed by atoms with van der Waals surface area (Å²) in [4.78, 5) is 14.2. The lowest BCUT2D eigenvalue weighted by atomic mass is 10.1. The van der Waals surface area contributed by atoms with Gasteiger partial charge in [-0.2, -0.15) is 0 Å². The number of methoxy groups -OCH3 is 2. The number of aromatic nitrogens is 1. The van der Waals surface area contributed by atoms with E-state index in [1.54, 1.807) is 14.2 Å². The van der Waals surface area contributed by atoms with E-state index in [-0.39, 0.29) is 12.3 Å². The topological polar surface area (TPSA) is 64.8 Å². The average Bonchev–Trinajstić information content (AvgIpc) is 3.10. The van der Waals surface area contributed by atoms with Crippen LogP contribution in [0, 0.1) is 0 Å². The van der Waals surface area contributed by atoms with Gasteiger partial charge in [0.05, 0.1) is 26.3 Å². The Bertz CT molecular complexity index is 705. The predicted molar refractivity (Wildman–Crippen MR) is 89.2 cm³/mol. The molecule has 0 unspecified atom stereocenters. The Morgan fingerprint density at radius 1 is 1.12 bits per heavy atom. The van der Waals surface area contributed by atoms with Crippen molar-refractivity contribution < 1.29 is 18.8 Å². The van der Waals surface area contributed by atoms with Gasteiger partial charge >= 0.3 is 0 Å². The van der Waals surface area contributed by atoms with Crippen LogP contribution in [0.5, 0.6) is 11.5 Å². The summed E-state index contributed by atoms with van der Waals surface area (Å²) < 4.78 is 15.9. The van der Waals surface area contributed by atoms with E-state index < -0.39 is 0 Å². The van der Waals surface area contributed by atoms with Crippen LogP contribution in [0.1, 0.15) is 25.0 Å². The van der Waals surface area contributed by atoms with Crippen molar-refractivity contribution in [3.8, 4) is 22.8 Å². The van der Waals surface area contributed by atoms with Crippen molar-refractivity contribution >= 4 is 5.91 Å². The summed E-state index contributed by atoms with van der Waals surface area (Å²) in [6, 6.07) is 7.33. The van der Waals surface area contributed by atoms with Crippen molar-refractivity contribution in [2.24, 2.45) is 0 Å². The summed E-state index contributed by atoms with van der Waals surface area (Å²) in [5.41, 5.74) is 1.48. The maximum atomic E-state index is 12.3. The third kappa shape index (κ3) is 3.53. The smallest absolute Gasteiger partial charge is 0.228 e. The van der Waals surface area contributed by atoms with E-state index in [0.29, 0.717) is 23.0 Å². The van der Waals surface area contributed by atoms with Crippen molar-refractivity contribution in [1.29, 1.82) is 0 Å². The molecule has 1 saturated heterocycles. The molecule has 0 radical (unpaired) electrons. The molecule has 6 heteroatoms. The fourth-order valence-corrected chi connectivity index (χ4v) is 2.93. The molecule has 1 aliphatic rings. The number of rotatable bonds is 5. The summed E-state index contributed by atoms with van der Waals surface area (Å²) in [5, 5.41) is 4.03. The fourth-order valence-electron chi connectivity index (χ4n) is 2.93. The number of amides is 1. The van der Waals surface area contributed by atoms with Crippen LogP contribution in [0.15, 0.2) is 28.8 Å². The van der Waals surface area contributed by atoms with E-state index in [4.69, 9.17) is 14.0 Å². The Morgan fingerprint density at radius 3 is 2.58 bits per heavy atom. The zero-order valence-corrected chi connectivity index (χ0v) is 14.1. The van der Waals surface area contributed by atoms with Crippen LogP contribution in [-0.4, -0.2) is 43.3 Å². The molecule has 6 nitrogen and oxygen atoms in total. The van der Waals surface area contributed by atoms with E-state index in [1.165, 1.54) is 6.42 Å². The highest BCUT2D eigenvalue weighted by Gasteiger charge is 2.19. The van der Waals surface area contributed by atoms with Crippen LogP contribution in [0.3, 0.4) is 0 Å². The molecule has 0 bridgehead atoms. The predicted octanol–water partition coefficient (Wildman–Crippen LogP) is 2.91. The van der Waals surface area contributed by atoms with Gasteiger partial charge in [-0.1, -0.05) is 5.16 Å². The standard InChI is InChI=1S/C18H22N2O4/c1-22-15-7-6-13(10-17(15)23-2)16-11-14(19-24-16)12-18(21)20-8-4-3-5-9-20/h6-7,10-11H,3-5,8-9,12H2,1-2H3. The van der Waals surface area contributed by atoms with Crippen molar-refractivity contribution in [3.63, 3.8) is 0 Å². The van der Waals surface area contributed by atoms with Gasteiger partial charge in [0.25, 0.3) is 0 Å². The van der Waals surface area contributed by atoms with Crippen LogP contribution in [0.2, 0.25) is 0 Å². The minimum atomic E-state index is 0.113. The van der Waals surface area contributed by atoms with Gasteiger partial charge in [0.1, 0.15) is 0 Å². The molecule has 128 valence electrons. The summed E-state index contributed by atoms with van der Waals surface area (Å²) in [6.07, 6.45) is 3.65. The lowest BCUT2D eigenvalue weighted by Gasteiger charge is -2.26. The van der Waals surface area contributed by atoms with Gasteiger partial charge in [-0.05, 0) is 37.5 Å². The Hall–Kier alpha value is -2.50. The molecule has 1 aromatic heterocycles. The van der Waals surface area contributed by atoms with Crippen LogP contribution in [-0.2, 0) is 11.2 Å². The van der Waals surface area contributed by atoms with Gasteiger partial charge in [-0.15, -0.1) is 0 Å². The van der Waals surface area contributed by atoms with Gasteiger partial charge < -0.3 is 18.9 Å². The SMILES string of the molecule is COc1ccc(-c2cc(CC(=O)N3CCCCC3)no2)cc1OC. The number of likely N-dealkylation sites (tertiary alicyclic amines) is 1. The van der Waals surface area contributed by atoms with E-state index in [1.807, 2.05) is 29.2 Å². The van der Waals surface area contributed by atoms with E-state index in [0.717, 1.165) is 31.5 Å². The Labute approximate surface area is 141 Å². The maximum absolute atomic E-state index is 12.3. The number of benzene rings is 1. The minimum absolute atomic E-state index is 0.113. The highest BCUT2D eigenvalue weighted by molar-refractivity contribution is 5.78. The molecule has 0 N–H and O–H groups in total. The fraction of sp³-hybridized carbons (Fsp3) is 0.444. The molecule has 0 saturated carbocycles. The first-order valence-electron chi connectivity index (χ1n) is 8.17. The quantitative estimate of drug-likeness (QED) is 0.843. The van der Waals surface area contributed by atoms with Gasteiger partial charge in [0.15, 0.2) is 17.3 Å². The first kappa shape index (κ1) is 16.4. The average molecular weight is 330 g/mol. The van der Waals surface area contributed by atoms with Crippen LogP contribution in [0.4, 0.5) is 0 Å². The number of carbonyl (C=O) groups is 1. The second-order valence-electron chi connectivity index (χ2n) is 5.87. The molecule has 3 rings (SSSR count). The molecule has 1 fully saturated rings. The number of carbonyl (C=O) groups excluding carboxylic acids is 1. The number of nitrogens with zero attached hydrogens (tertiary/aromatic N) is 2. The largest absolute Gasteiger partial charge is 0.493 e. The van der Waals surface area contributed by atoms with Crippen LogP contribution >= 0.6 is 0 Å². The van der Waals surface area contributed by atoms with E-state index in [9.17, 15) is 4.79 Å². The van der Waals surface area contributed by atoms with Gasteiger partial charge in [-0.3, -0.25) is 4.79 Å². The zero-order chi connectivity index (χ0) is 16.9. The maximum Gasteiger partial charge on any atom is 0.228 e. The summed E-state index contributed by atoms with van der Waals surface area (Å²) >= 11 is 0. The lowest BCUT2D eigenvalue weighted by Crippen LogP contribution is -2.36. The van der Waals surface area contributed by atoms with E-state index >= 15 is 0 Å². The number of hydrogen-bond donors (Lipinski definition) is 0. The molecule has 1 aliphatic heterocycles. The third-order valence-corrected chi connectivity index (χ3v) is 4.27. The van der Waals surface area contributed by atoms with Crippen molar-refractivity contribution in [2.75, 3.05) is 27.3 Å². The Kier molecular flexibility index (Phi) is 5.03.